The highest BCUT2D eigenvalue weighted by molar-refractivity contribution is 7.90. The van der Waals surface area contributed by atoms with Crippen LogP contribution in [0.1, 0.15) is 11.1 Å². The number of rotatable bonds is 3. The topological polar surface area (TPSA) is 6.48 Å². The Morgan fingerprint density at radius 1 is 0.840 bits per heavy atom. The number of nitrogens with zero attached hydrogens (tertiary/aromatic N) is 2. The highest BCUT2D eigenvalue weighted by atomic mass is 32.1. The summed E-state index contributed by atoms with van der Waals surface area (Å²) in [5.74, 6) is 0. The van der Waals surface area contributed by atoms with E-state index in [9.17, 15) is 13.2 Å². The van der Waals surface area contributed by atoms with Crippen LogP contribution in [0.3, 0.4) is 0 Å². The lowest BCUT2D eigenvalue weighted by Gasteiger charge is -2.21. The van der Waals surface area contributed by atoms with Gasteiger partial charge >= 0.3 is 6.18 Å². The molecule has 0 amide bonds. The van der Waals surface area contributed by atoms with E-state index in [1.807, 2.05) is 30.3 Å². The summed E-state index contributed by atoms with van der Waals surface area (Å²) in [5, 5.41) is 0.276. The predicted molar refractivity (Wildman–Crippen MR) is 104 cm³/mol. The maximum atomic E-state index is 13.0. The second kappa shape index (κ2) is 6.78. The molecule has 25 heavy (non-hydrogen) atoms. The Bertz CT molecular complexity index is 850. The standard InChI is InChI=1S/C17H11F3N2S3/c18-17(19,20)12-7-4-8-13(9-12)22-15(24)14(23)21(16(22)25)10-11-5-2-1-3-6-11/h1-9H,10H2. The molecular weight excluding hydrogens is 385 g/mol. The first-order valence-electron chi connectivity index (χ1n) is 7.20. The normalized spacial score (nSPS) is 15.2. The lowest BCUT2D eigenvalue weighted by Crippen LogP contribution is -2.32. The lowest BCUT2D eigenvalue weighted by atomic mass is 10.2. The summed E-state index contributed by atoms with van der Waals surface area (Å²) >= 11 is 16.1. The molecule has 0 aromatic heterocycles. The monoisotopic (exact) mass is 396 g/mol. The third-order valence-corrected chi connectivity index (χ3v) is 4.99. The van der Waals surface area contributed by atoms with Crippen LogP contribution in [0.4, 0.5) is 18.9 Å². The Labute approximate surface area is 158 Å². The van der Waals surface area contributed by atoms with E-state index in [2.05, 4.69) is 0 Å². The van der Waals surface area contributed by atoms with Crippen LogP contribution in [-0.2, 0) is 12.7 Å². The van der Waals surface area contributed by atoms with Crippen molar-refractivity contribution in [2.45, 2.75) is 12.7 Å². The van der Waals surface area contributed by atoms with Gasteiger partial charge in [-0.05, 0) is 36.0 Å². The van der Waals surface area contributed by atoms with Gasteiger partial charge in [-0.15, -0.1) is 0 Å². The van der Waals surface area contributed by atoms with Crippen LogP contribution in [0.25, 0.3) is 0 Å². The molecule has 1 heterocycles. The average molecular weight is 396 g/mol. The molecule has 1 fully saturated rings. The molecule has 1 aliphatic heterocycles. The summed E-state index contributed by atoms with van der Waals surface area (Å²) in [7, 11) is 0. The zero-order valence-corrected chi connectivity index (χ0v) is 15.1. The first kappa shape index (κ1) is 17.9. The van der Waals surface area contributed by atoms with Crippen molar-refractivity contribution >= 4 is 57.4 Å². The number of thiocarbonyl (C=S) groups is 3. The Balaban J connectivity index is 1.92. The van der Waals surface area contributed by atoms with Gasteiger partial charge in [0.25, 0.3) is 0 Å². The number of halogens is 3. The molecule has 2 nitrogen and oxygen atoms in total. The van der Waals surface area contributed by atoms with Crippen molar-refractivity contribution in [2.24, 2.45) is 0 Å². The molecule has 0 spiro atoms. The van der Waals surface area contributed by atoms with E-state index in [-0.39, 0.29) is 15.8 Å². The Hall–Kier alpha value is -1.90. The molecule has 1 saturated heterocycles. The molecule has 128 valence electrons. The smallest absolute Gasteiger partial charge is 0.302 e. The van der Waals surface area contributed by atoms with E-state index >= 15 is 0 Å². The van der Waals surface area contributed by atoms with Gasteiger partial charge in [0.15, 0.2) is 5.11 Å². The second-order valence-corrected chi connectivity index (χ2v) is 6.49. The van der Waals surface area contributed by atoms with Crippen LogP contribution >= 0.6 is 36.7 Å². The summed E-state index contributed by atoms with van der Waals surface area (Å²) in [6.07, 6.45) is -4.44. The van der Waals surface area contributed by atoms with Crippen molar-refractivity contribution in [3.8, 4) is 0 Å². The van der Waals surface area contributed by atoms with Gasteiger partial charge in [-0.3, -0.25) is 4.90 Å². The summed E-state index contributed by atoms with van der Waals surface area (Å²) in [5.41, 5.74) is 0.464. The van der Waals surface area contributed by atoms with Crippen LogP contribution < -0.4 is 4.90 Å². The predicted octanol–water partition coefficient (Wildman–Crippen LogP) is 4.97. The molecule has 0 atom stereocenters. The van der Waals surface area contributed by atoms with Gasteiger partial charge in [0, 0.05) is 5.69 Å². The van der Waals surface area contributed by atoms with Gasteiger partial charge in [0.1, 0.15) is 9.98 Å². The molecule has 0 unspecified atom stereocenters. The van der Waals surface area contributed by atoms with Gasteiger partial charge in [0.2, 0.25) is 0 Å². The van der Waals surface area contributed by atoms with Crippen molar-refractivity contribution in [1.29, 1.82) is 0 Å². The van der Waals surface area contributed by atoms with Crippen molar-refractivity contribution in [2.75, 3.05) is 4.90 Å². The molecule has 0 radical (unpaired) electrons. The fraction of sp³-hybridized carbons (Fsp3) is 0.118. The molecule has 0 saturated carbocycles. The van der Waals surface area contributed by atoms with E-state index in [0.717, 1.165) is 17.7 Å². The maximum Gasteiger partial charge on any atom is 0.416 e. The molecule has 8 heteroatoms. The Kier molecular flexibility index (Phi) is 4.86. The molecule has 2 aromatic carbocycles. The van der Waals surface area contributed by atoms with Crippen LogP contribution in [-0.4, -0.2) is 20.0 Å². The van der Waals surface area contributed by atoms with Crippen LogP contribution in [0, 0.1) is 0 Å². The summed E-state index contributed by atoms with van der Waals surface area (Å²) in [4.78, 5) is 3.63. The summed E-state index contributed by atoms with van der Waals surface area (Å²) in [6.45, 7) is 0.411. The van der Waals surface area contributed by atoms with Crippen LogP contribution in [0.5, 0.6) is 0 Å². The first-order chi connectivity index (χ1) is 11.8. The van der Waals surface area contributed by atoms with Crippen molar-refractivity contribution < 1.29 is 13.2 Å². The van der Waals surface area contributed by atoms with E-state index in [1.165, 1.54) is 17.0 Å². The number of hydrogen-bond donors (Lipinski definition) is 0. The minimum Gasteiger partial charge on any atom is -0.302 e. The first-order valence-corrected chi connectivity index (χ1v) is 8.42. The fourth-order valence-electron chi connectivity index (χ4n) is 2.46. The minimum atomic E-state index is -4.44. The highest BCUT2D eigenvalue weighted by Crippen LogP contribution is 2.33. The van der Waals surface area contributed by atoms with Gasteiger partial charge in [-0.25, -0.2) is 0 Å². The van der Waals surface area contributed by atoms with E-state index in [1.54, 1.807) is 4.90 Å². The van der Waals surface area contributed by atoms with E-state index < -0.39 is 11.7 Å². The zero-order chi connectivity index (χ0) is 18.2. The largest absolute Gasteiger partial charge is 0.416 e. The van der Waals surface area contributed by atoms with Crippen molar-refractivity contribution in [3.05, 3.63) is 65.7 Å². The SMILES string of the molecule is FC(F)(F)c1cccc(N2C(=S)C(=S)N(Cc3ccccc3)C2=S)c1. The van der Waals surface area contributed by atoms with Gasteiger partial charge in [0.05, 0.1) is 12.1 Å². The molecular formula is C17H11F3N2S3. The molecule has 0 bridgehead atoms. The quantitative estimate of drug-likeness (QED) is 0.674. The average Bonchev–Trinajstić information content (AvgIpc) is 2.79. The second-order valence-electron chi connectivity index (χ2n) is 5.35. The molecule has 0 aliphatic carbocycles. The fourth-order valence-corrected chi connectivity index (χ4v) is 3.47. The van der Waals surface area contributed by atoms with Gasteiger partial charge in [-0.2, -0.15) is 13.2 Å². The molecule has 0 N–H and O–H groups in total. The third-order valence-electron chi connectivity index (χ3n) is 3.67. The Morgan fingerprint density at radius 3 is 2.16 bits per heavy atom. The molecule has 3 rings (SSSR count). The van der Waals surface area contributed by atoms with Gasteiger partial charge < -0.3 is 4.90 Å². The molecule has 2 aromatic rings. The van der Waals surface area contributed by atoms with Crippen LogP contribution in [0.15, 0.2) is 54.6 Å². The van der Waals surface area contributed by atoms with Crippen LogP contribution in [0.2, 0.25) is 0 Å². The Morgan fingerprint density at radius 2 is 1.52 bits per heavy atom. The van der Waals surface area contributed by atoms with E-state index in [0.29, 0.717) is 11.5 Å². The zero-order valence-electron chi connectivity index (χ0n) is 12.7. The highest BCUT2D eigenvalue weighted by Gasteiger charge is 2.37. The third kappa shape index (κ3) is 3.56. The number of anilines is 1. The summed E-state index contributed by atoms with van der Waals surface area (Å²) < 4.78 is 38.9. The van der Waals surface area contributed by atoms with Gasteiger partial charge in [-0.1, -0.05) is 60.8 Å². The number of benzene rings is 2. The number of alkyl halides is 3. The summed E-state index contributed by atoms with van der Waals surface area (Å²) in [6, 6.07) is 14.4. The van der Waals surface area contributed by atoms with Crippen molar-refractivity contribution in [1.82, 2.24) is 4.90 Å². The van der Waals surface area contributed by atoms with E-state index in [4.69, 9.17) is 36.7 Å². The number of hydrogen-bond acceptors (Lipinski definition) is 3. The minimum absolute atomic E-state index is 0.232. The lowest BCUT2D eigenvalue weighted by molar-refractivity contribution is -0.137. The molecule has 1 aliphatic rings. The van der Waals surface area contributed by atoms with Crippen molar-refractivity contribution in [3.63, 3.8) is 0 Å². The maximum absolute atomic E-state index is 13.0.